The maximum Gasteiger partial charge on any atom is 0.365 e. The molecule has 0 amide bonds. The van der Waals surface area contributed by atoms with Gasteiger partial charge in [0.05, 0.1) is 11.6 Å². The molecule has 0 saturated carbocycles. The van der Waals surface area contributed by atoms with E-state index in [0.717, 1.165) is 24.9 Å². The van der Waals surface area contributed by atoms with Crippen molar-refractivity contribution in [3.05, 3.63) is 35.6 Å². The number of rotatable bonds is 7. The number of pyridine rings is 1. The lowest BCUT2D eigenvalue weighted by atomic mass is 10.00. The van der Waals surface area contributed by atoms with Crippen LogP contribution in [0.5, 0.6) is 0 Å². The van der Waals surface area contributed by atoms with Crippen LogP contribution in [0.2, 0.25) is 0 Å². The Morgan fingerprint density at radius 1 is 1.40 bits per heavy atom. The number of aliphatic imine (C=N–C) groups is 1. The number of fused-ring (bicyclic) bond motifs is 1. The van der Waals surface area contributed by atoms with Gasteiger partial charge >= 0.3 is 5.90 Å². The molecule has 7 nitrogen and oxygen atoms in total. The molecule has 0 bridgehead atoms. The predicted molar refractivity (Wildman–Crippen MR) is 120 cm³/mol. The van der Waals surface area contributed by atoms with E-state index in [1.165, 1.54) is 12.1 Å². The molecule has 1 aliphatic rings. The Morgan fingerprint density at radius 3 is 2.83 bits per heavy atom. The number of halogens is 1. The standard InChI is InChI=1S/C22H32FN5O2/c1-13(2)11-25-18-7-8-28(12-20(18)30-4)21-17(22(29)26-14(3)24)9-15-5-6-16(23)10-19(15)27-21/h5-6,9-10,13-14,18,20,25H,7-8,11-12,24H2,1-4H3,(H,26,29)/p+1/t14?,18-,20+/m1/s1. The van der Waals surface area contributed by atoms with E-state index in [1.54, 1.807) is 20.1 Å². The van der Waals surface area contributed by atoms with Crippen LogP contribution in [0, 0.1) is 11.7 Å². The van der Waals surface area contributed by atoms with Crippen molar-refractivity contribution >= 4 is 22.6 Å². The number of methoxy groups -OCH3 is 1. The molecule has 1 aromatic heterocycles. The first-order valence-electron chi connectivity index (χ1n) is 10.4. The highest BCUT2D eigenvalue weighted by atomic mass is 19.1. The second kappa shape index (κ2) is 9.68. The van der Waals surface area contributed by atoms with Gasteiger partial charge in [0.1, 0.15) is 23.4 Å². The van der Waals surface area contributed by atoms with Crippen LogP contribution in [0.1, 0.15) is 32.8 Å². The molecule has 3 atom stereocenters. The molecule has 164 valence electrons. The largest absolute Gasteiger partial charge is 0.578 e. The van der Waals surface area contributed by atoms with Crippen LogP contribution >= 0.6 is 0 Å². The van der Waals surface area contributed by atoms with Crippen molar-refractivity contribution in [3.8, 4) is 0 Å². The summed E-state index contributed by atoms with van der Waals surface area (Å²) in [7, 11) is 1.72. The van der Waals surface area contributed by atoms with Crippen LogP contribution in [-0.4, -0.2) is 61.0 Å². The van der Waals surface area contributed by atoms with Crippen molar-refractivity contribution in [2.45, 2.75) is 45.5 Å². The Labute approximate surface area is 177 Å². The molecule has 3 rings (SSSR count). The van der Waals surface area contributed by atoms with E-state index in [1.807, 2.05) is 6.07 Å². The highest BCUT2D eigenvalue weighted by Crippen LogP contribution is 2.28. The molecular weight excluding hydrogens is 385 g/mol. The first-order valence-corrected chi connectivity index (χ1v) is 10.4. The molecule has 0 spiro atoms. The third kappa shape index (κ3) is 5.24. The lowest BCUT2D eigenvalue weighted by molar-refractivity contribution is 0.0589. The molecule has 2 aromatic rings. The number of nitrogens with one attached hydrogen (secondary N) is 1. The quantitative estimate of drug-likeness (QED) is 0.407. The van der Waals surface area contributed by atoms with E-state index in [-0.39, 0.29) is 23.9 Å². The highest BCUT2D eigenvalue weighted by molar-refractivity contribution is 6.01. The topological polar surface area (TPSA) is 98.7 Å². The van der Waals surface area contributed by atoms with Crippen molar-refractivity contribution in [2.24, 2.45) is 16.6 Å². The SMILES string of the molecule is CO[C@H]1CN(c2nc3cc(F)ccc3cc2/C([OH2+])=N/C(C)N)CC[C@H]1NCC(C)C. The predicted octanol–water partition coefficient (Wildman–Crippen LogP) is 1.99. The minimum absolute atomic E-state index is 0.0186. The van der Waals surface area contributed by atoms with Gasteiger partial charge in [0.2, 0.25) is 0 Å². The van der Waals surface area contributed by atoms with E-state index in [2.05, 4.69) is 29.1 Å². The lowest BCUT2D eigenvalue weighted by Crippen LogP contribution is -2.54. The molecule has 1 aliphatic heterocycles. The maximum absolute atomic E-state index is 13.8. The average Bonchev–Trinajstić information content (AvgIpc) is 2.70. The van der Waals surface area contributed by atoms with Gasteiger partial charge in [0.25, 0.3) is 0 Å². The zero-order valence-corrected chi connectivity index (χ0v) is 18.2. The van der Waals surface area contributed by atoms with Gasteiger partial charge in [-0.1, -0.05) is 13.8 Å². The second-order valence-corrected chi connectivity index (χ2v) is 8.33. The van der Waals surface area contributed by atoms with Gasteiger partial charge < -0.3 is 25.8 Å². The number of nitrogens with zero attached hydrogens (tertiary/aromatic N) is 3. The van der Waals surface area contributed by atoms with Crippen molar-refractivity contribution in [2.75, 3.05) is 31.6 Å². The lowest BCUT2D eigenvalue weighted by Gasteiger charge is -2.39. The van der Waals surface area contributed by atoms with Crippen molar-refractivity contribution in [1.29, 1.82) is 0 Å². The molecular formula is C22H33FN5O2+. The number of nitrogens with two attached hydrogens (primary N) is 1. The summed E-state index contributed by atoms with van der Waals surface area (Å²) in [6.07, 6.45) is 0.368. The second-order valence-electron chi connectivity index (χ2n) is 8.33. The molecule has 0 aliphatic carbocycles. The number of piperidine rings is 1. The van der Waals surface area contributed by atoms with Crippen molar-refractivity contribution < 1.29 is 14.2 Å². The van der Waals surface area contributed by atoms with Gasteiger partial charge in [-0.05, 0) is 44.0 Å². The first-order chi connectivity index (χ1) is 14.3. The fraction of sp³-hybridized carbons (Fsp3) is 0.545. The molecule has 30 heavy (non-hydrogen) atoms. The number of hydrogen-bond acceptors (Lipinski definition) is 6. The number of hydrogen-bond donors (Lipinski definition) is 2. The molecule has 2 heterocycles. The van der Waals surface area contributed by atoms with Gasteiger partial charge in [0, 0.05) is 37.7 Å². The monoisotopic (exact) mass is 418 g/mol. The third-order valence-electron chi connectivity index (χ3n) is 5.30. The van der Waals surface area contributed by atoms with E-state index in [0.29, 0.717) is 29.4 Å². The summed E-state index contributed by atoms with van der Waals surface area (Å²) in [5.41, 5.74) is 6.94. The molecule has 1 fully saturated rings. The third-order valence-corrected chi connectivity index (χ3v) is 5.30. The molecule has 1 saturated heterocycles. The van der Waals surface area contributed by atoms with E-state index < -0.39 is 6.17 Å². The minimum atomic E-state index is -0.494. The summed E-state index contributed by atoms with van der Waals surface area (Å²) in [5.74, 6) is 0.916. The van der Waals surface area contributed by atoms with Gasteiger partial charge in [-0.2, -0.15) is 4.99 Å². The van der Waals surface area contributed by atoms with Gasteiger partial charge in [0.15, 0.2) is 0 Å². The van der Waals surface area contributed by atoms with Crippen LogP contribution in [0.15, 0.2) is 29.3 Å². The fourth-order valence-electron chi connectivity index (χ4n) is 3.79. The average molecular weight is 419 g/mol. The normalized spacial score (nSPS) is 21.4. The number of anilines is 1. The molecule has 1 aromatic carbocycles. The Bertz CT molecular complexity index is 902. The Morgan fingerprint density at radius 2 is 2.17 bits per heavy atom. The highest BCUT2D eigenvalue weighted by Gasteiger charge is 2.32. The minimum Gasteiger partial charge on any atom is -0.578 e. The van der Waals surface area contributed by atoms with Crippen LogP contribution in [0.25, 0.3) is 10.9 Å². The van der Waals surface area contributed by atoms with Gasteiger partial charge in [-0.15, -0.1) is 0 Å². The van der Waals surface area contributed by atoms with Crippen LogP contribution < -0.4 is 16.0 Å². The van der Waals surface area contributed by atoms with Crippen LogP contribution in [-0.2, 0) is 4.74 Å². The van der Waals surface area contributed by atoms with Crippen LogP contribution in [0.4, 0.5) is 10.2 Å². The molecule has 1 unspecified atom stereocenters. The Balaban J connectivity index is 1.97. The fourth-order valence-corrected chi connectivity index (χ4v) is 3.79. The van der Waals surface area contributed by atoms with Gasteiger partial charge in [-0.25, -0.2) is 9.37 Å². The maximum atomic E-state index is 13.8. The van der Waals surface area contributed by atoms with Crippen molar-refractivity contribution in [1.82, 2.24) is 10.3 Å². The van der Waals surface area contributed by atoms with Crippen molar-refractivity contribution in [3.63, 3.8) is 0 Å². The summed E-state index contributed by atoms with van der Waals surface area (Å²) in [5, 5.41) is 12.8. The summed E-state index contributed by atoms with van der Waals surface area (Å²) >= 11 is 0. The first kappa shape index (κ1) is 22.4. The molecule has 0 radical (unpaired) electrons. The smallest absolute Gasteiger partial charge is 0.365 e. The van der Waals surface area contributed by atoms with Crippen LogP contribution in [0.3, 0.4) is 0 Å². The summed E-state index contributed by atoms with van der Waals surface area (Å²) in [6, 6.07) is 6.58. The number of ether oxygens (including phenoxy) is 1. The van der Waals surface area contributed by atoms with E-state index in [4.69, 9.17) is 20.6 Å². The zero-order chi connectivity index (χ0) is 21.8. The van der Waals surface area contributed by atoms with E-state index >= 15 is 0 Å². The Hall–Kier alpha value is -2.29. The molecule has 5 N–H and O–H groups in total. The summed E-state index contributed by atoms with van der Waals surface area (Å²) in [6.45, 7) is 8.40. The summed E-state index contributed by atoms with van der Waals surface area (Å²) in [4.78, 5) is 11.0. The number of benzene rings is 1. The number of aromatic nitrogens is 1. The Kier molecular flexibility index (Phi) is 7.23. The van der Waals surface area contributed by atoms with Gasteiger partial charge in [-0.3, -0.25) is 0 Å². The summed E-state index contributed by atoms with van der Waals surface area (Å²) < 4.78 is 19.6. The zero-order valence-electron chi connectivity index (χ0n) is 18.2. The molecule has 8 heteroatoms. The van der Waals surface area contributed by atoms with E-state index in [9.17, 15) is 4.39 Å².